The van der Waals surface area contributed by atoms with Gasteiger partial charge in [0.2, 0.25) is 0 Å². The Bertz CT molecular complexity index is 484. The highest BCUT2D eigenvalue weighted by Crippen LogP contribution is 2.36. The standard InChI is InChI=1S/C14H20BrNO4S/c1-19-12-7-9(6-10(15)13(12)20-2)8-16-11(14(17)18)4-5-21-3/h6-7,11,16H,4-5,8H2,1-3H3,(H,17,18). The van der Waals surface area contributed by atoms with Crippen LogP contribution < -0.4 is 14.8 Å². The lowest BCUT2D eigenvalue weighted by Crippen LogP contribution is -2.36. The minimum Gasteiger partial charge on any atom is -0.493 e. The molecule has 0 aliphatic carbocycles. The van der Waals surface area contributed by atoms with Crippen molar-refractivity contribution in [2.24, 2.45) is 0 Å². The van der Waals surface area contributed by atoms with Gasteiger partial charge >= 0.3 is 5.97 Å². The van der Waals surface area contributed by atoms with Crippen molar-refractivity contribution >= 4 is 33.7 Å². The molecule has 1 aromatic rings. The molecule has 0 saturated carbocycles. The van der Waals surface area contributed by atoms with Crippen LogP contribution >= 0.6 is 27.7 Å². The van der Waals surface area contributed by atoms with E-state index in [0.29, 0.717) is 24.5 Å². The molecular weight excluding hydrogens is 358 g/mol. The Morgan fingerprint density at radius 2 is 2.14 bits per heavy atom. The molecule has 0 bridgehead atoms. The molecular formula is C14H20BrNO4S. The first-order valence-electron chi connectivity index (χ1n) is 6.39. The summed E-state index contributed by atoms with van der Waals surface area (Å²) in [5.41, 5.74) is 0.926. The first-order chi connectivity index (χ1) is 10.0. The van der Waals surface area contributed by atoms with Gasteiger partial charge in [-0.1, -0.05) is 0 Å². The van der Waals surface area contributed by atoms with Crippen molar-refractivity contribution in [3.8, 4) is 11.5 Å². The summed E-state index contributed by atoms with van der Waals surface area (Å²) in [5, 5.41) is 12.2. The molecule has 118 valence electrons. The quantitative estimate of drug-likeness (QED) is 0.689. The average molecular weight is 378 g/mol. The number of methoxy groups -OCH3 is 2. The zero-order chi connectivity index (χ0) is 15.8. The topological polar surface area (TPSA) is 67.8 Å². The number of benzene rings is 1. The van der Waals surface area contributed by atoms with Gasteiger partial charge in [0.1, 0.15) is 6.04 Å². The highest BCUT2D eigenvalue weighted by molar-refractivity contribution is 9.10. The zero-order valence-corrected chi connectivity index (χ0v) is 14.7. The lowest BCUT2D eigenvalue weighted by molar-refractivity contribution is -0.139. The fourth-order valence-electron chi connectivity index (χ4n) is 1.86. The Balaban J connectivity index is 2.78. The molecule has 0 aromatic heterocycles. The third-order valence-corrected chi connectivity index (χ3v) is 4.19. The van der Waals surface area contributed by atoms with Crippen molar-refractivity contribution in [2.45, 2.75) is 19.0 Å². The number of nitrogens with one attached hydrogen (secondary N) is 1. The van der Waals surface area contributed by atoms with Gasteiger partial charge in [0.15, 0.2) is 11.5 Å². The van der Waals surface area contributed by atoms with E-state index in [1.807, 2.05) is 18.4 Å². The van der Waals surface area contributed by atoms with Crippen LogP contribution in [0.25, 0.3) is 0 Å². The van der Waals surface area contributed by atoms with Gasteiger partial charge in [-0.05, 0) is 52.1 Å². The van der Waals surface area contributed by atoms with E-state index in [1.54, 1.807) is 26.0 Å². The van der Waals surface area contributed by atoms with Gasteiger partial charge in [0.25, 0.3) is 0 Å². The summed E-state index contributed by atoms with van der Waals surface area (Å²) in [6, 6.07) is 3.18. The fourth-order valence-corrected chi connectivity index (χ4v) is 2.99. The van der Waals surface area contributed by atoms with Crippen LogP contribution in [0.4, 0.5) is 0 Å². The van der Waals surface area contributed by atoms with Crippen molar-refractivity contribution in [3.05, 3.63) is 22.2 Å². The van der Waals surface area contributed by atoms with E-state index >= 15 is 0 Å². The predicted molar refractivity (Wildman–Crippen MR) is 88.5 cm³/mol. The largest absolute Gasteiger partial charge is 0.493 e. The fraction of sp³-hybridized carbons (Fsp3) is 0.500. The number of carbonyl (C=O) groups is 1. The second kappa shape index (κ2) is 9.17. The molecule has 0 spiro atoms. The lowest BCUT2D eigenvalue weighted by Gasteiger charge is -2.16. The number of carboxylic acids is 1. The van der Waals surface area contributed by atoms with E-state index in [4.69, 9.17) is 9.47 Å². The van der Waals surface area contributed by atoms with Gasteiger partial charge < -0.3 is 19.9 Å². The number of carboxylic acid groups (broad SMARTS) is 1. The van der Waals surface area contributed by atoms with Crippen LogP contribution in [0.5, 0.6) is 11.5 Å². The second-order valence-electron chi connectivity index (χ2n) is 4.37. The van der Waals surface area contributed by atoms with Gasteiger partial charge in [-0.2, -0.15) is 11.8 Å². The van der Waals surface area contributed by atoms with Crippen molar-refractivity contribution < 1.29 is 19.4 Å². The summed E-state index contributed by atoms with van der Waals surface area (Å²) in [7, 11) is 3.14. The summed E-state index contributed by atoms with van der Waals surface area (Å²) < 4.78 is 11.3. The van der Waals surface area contributed by atoms with Gasteiger partial charge in [-0.15, -0.1) is 0 Å². The maximum atomic E-state index is 11.2. The molecule has 0 amide bonds. The number of hydrogen-bond acceptors (Lipinski definition) is 5. The second-order valence-corrected chi connectivity index (χ2v) is 6.21. The number of rotatable bonds is 9. The molecule has 1 atom stereocenters. The monoisotopic (exact) mass is 377 g/mol. The highest BCUT2D eigenvalue weighted by Gasteiger charge is 2.17. The molecule has 7 heteroatoms. The molecule has 5 nitrogen and oxygen atoms in total. The van der Waals surface area contributed by atoms with Crippen molar-refractivity contribution in [3.63, 3.8) is 0 Å². The van der Waals surface area contributed by atoms with Crippen LogP contribution in [0.2, 0.25) is 0 Å². The first kappa shape index (κ1) is 18.1. The smallest absolute Gasteiger partial charge is 0.320 e. The van der Waals surface area contributed by atoms with Gasteiger partial charge in [-0.3, -0.25) is 4.79 Å². The van der Waals surface area contributed by atoms with Gasteiger partial charge in [0, 0.05) is 6.54 Å². The predicted octanol–water partition coefficient (Wildman–Crippen LogP) is 2.76. The Kier molecular flexibility index (Phi) is 7.92. The normalized spacial score (nSPS) is 12.0. The SMILES string of the molecule is COc1cc(CNC(CCSC)C(=O)O)cc(Br)c1OC. The summed E-state index contributed by atoms with van der Waals surface area (Å²) in [6.07, 6.45) is 2.55. The zero-order valence-electron chi connectivity index (χ0n) is 12.3. The number of hydrogen-bond donors (Lipinski definition) is 2. The number of thioether (sulfide) groups is 1. The maximum Gasteiger partial charge on any atom is 0.320 e. The number of halogens is 1. The summed E-state index contributed by atoms with van der Waals surface area (Å²) in [4.78, 5) is 11.2. The van der Waals surface area contributed by atoms with Crippen molar-refractivity contribution in [2.75, 3.05) is 26.2 Å². The van der Waals surface area contributed by atoms with Crippen molar-refractivity contribution in [1.29, 1.82) is 0 Å². The van der Waals surface area contributed by atoms with E-state index in [0.717, 1.165) is 15.8 Å². The molecule has 0 saturated heterocycles. The molecule has 1 aromatic carbocycles. The molecule has 0 aliphatic rings. The van der Waals surface area contributed by atoms with Crippen LogP contribution in [0.1, 0.15) is 12.0 Å². The van der Waals surface area contributed by atoms with E-state index in [-0.39, 0.29) is 0 Å². The van der Waals surface area contributed by atoms with Crippen LogP contribution in [-0.2, 0) is 11.3 Å². The van der Waals surface area contributed by atoms with Gasteiger partial charge in [0.05, 0.1) is 18.7 Å². The van der Waals surface area contributed by atoms with Crippen LogP contribution in [0, 0.1) is 0 Å². The summed E-state index contributed by atoms with van der Waals surface area (Å²) in [6.45, 7) is 0.449. The minimum atomic E-state index is -0.830. The van der Waals surface area contributed by atoms with E-state index in [1.165, 1.54) is 0 Å². The summed E-state index contributed by atoms with van der Waals surface area (Å²) in [5.74, 6) is 1.21. The van der Waals surface area contributed by atoms with Gasteiger partial charge in [-0.25, -0.2) is 0 Å². The Hall–Kier alpha value is -0.920. The molecule has 21 heavy (non-hydrogen) atoms. The molecule has 2 N–H and O–H groups in total. The number of aliphatic carboxylic acids is 1. The Morgan fingerprint density at radius 3 is 2.67 bits per heavy atom. The van der Waals surface area contributed by atoms with Crippen LogP contribution in [-0.4, -0.2) is 43.3 Å². The molecule has 0 fully saturated rings. The molecule has 1 unspecified atom stereocenters. The molecule has 0 aliphatic heterocycles. The molecule has 1 rings (SSSR count). The average Bonchev–Trinajstić information content (AvgIpc) is 2.46. The third-order valence-electron chi connectivity index (χ3n) is 2.95. The van der Waals surface area contributed by atoms with Crippen LogP contribution in [0.3, 0.4) is 0 Å². The van der Waals surface area contributed by atoms with E-state index < -0.39 is 12.0 Å². The highest BCUT2D eigenvalue weighted by atomic mass is 79.9. The lowest BCUT2D eigenvalue weighted by atomic mass is 10.1. The van der Waals surface area contributed by atoms with Crippen LogP contribution in [0.15, 0.2) is 16.6 Å². The molecule has 0 radical (unpaired) electrons. The maximum absolute atomic E-state index is 11.2. The first-order valence-corrected chi connectivity index (χ1v) is 8.57. The number of ether oxygens (including phenoxy) is 2. The van der Waals surface area contributed by atoms with E-state index in [9.17, 15) is 9.90 Å². The van der Waals surface area contributed by atoms with Crippen molar-refractivity contribution in [1.82, 2.24) is 5.32 Å². The Labute approximate surface area is 137 Å². The third kappa shape index (κ3) is 5.41. The van der Waals surface area contributed by atoms with E-state index in [2.05, 4.69) is 21.2 Å². The summed E-state index contributed by atoms with van der Waals surface area (Å²) >= 11 is 5.06. The minimum absolute atomic E-state index is 0.449. The molecule has 0 heterocycles. The Morgan fingerprint density at radius 1 is 1.43 bits per heavy atom.